The molecule has 0 unspecified atom stereocenters. The Bertz CT molecular complexity index is 1440. The van der Waals surface area contributed by atoms with Gasteiger partial charge in [0.1, 0.15) is 0 Å². The van der Waals surface area contributed by atoms with Crippen molar-refractivity contribution < 1.29 is 14.7 Å². The van der Waals surface area contributed by atoms with E-state index in [0.717, 1.165) is 44.4 Å². The molecule has 5 heteroatoms. The summed E-state index contributed by atoms with van der Waals surface area (Å²) in [6.45, 7) is 6.73. The second-order valence-electron chi connectivity index (χ2n) is 7.95. The summed E-state index contributed by atoms with van der Waals surface area (Å²) in [6, 6.07) is 19.2. The van der Waals surface area contributed by atoms with E-state index >= 15 is 0 Å². The van der Waals surface area contributed by atoms with E-state index in [1.165, 1.54) is 0 Å². The van der Waals surface area contributed by atoms with Crippen molar-refractivity contribution in [2.45, 2.75) is 27.3 Å². The number of aromatic nitrogens is 1. The SMILES string of the molecule is CCn1c2ccccc2c2cc(N3C(=O)C(O)=C(c4ccc(C)cc4C)C3=O)ccc21. The highest BCUT2D eigenvalue weighted by Gasteiger charge is 2.40. The van der Waals surface area contributed by atoms with Gasteiger partial charge in [0.2, 0.25) is 0 Å². The van der Waals surface area contributed by atoms with E-state index in [1.807, 2.05) is 56.3 Å². The molecule has 0 bridgehead atoms. The van der Waals surface area contributed by atoms with Gasteiger partial charge in [-0.3, -0.25) is 9.59 Å². The zero-order valence-electron chi connectivity index (χ0n) is 17.6. The first-order valence-electron chi connectivity index (χ1n) is 10.3. The Kier molecular flexibility index (Phi) is 4.22. The first kappa shape index (κ1) is 19.1. The number of rotatable bonds is 3. The number of imide groups is 1. The lowest BCUT2D eigenvalue weighted by Crippen LogP contribution is -2.31. The lowest BCUT2D eigenvalue weighted by atomic mass is 9.98. The predicted molar refractivity (Wildman–Crippen MR) is 123 cm³/mol. The van der Waals surface area contributed by atoms with Crippen molar-refractivity contribution in [1.82, 2.24) is 4.57 Å². The number of hydrogen-bond donors (Lipinski definition) is 1. The van der Waals surface area contributed by atoms with Gasteiger partial charge in [-0.25, -0.2) is 4.90 Å². The number of aliphatic hydroxyl groups excluding tert-OH is 1. The molecule has 5 nitrogen and oxygen atoms in total. The van der Waals surface area contributed by atoms with Crippen LogP contribution in [0, 0.1) is 13.8 Å². The quantitative estimate of drug-likeness (QED) is 0.468. The van der Waals surface area contributed by atoms with Crippen LogP contribution in [0.2, 0.25) is 0 Å². The molecule has 4 aromatic rings. The van der Waals surface area contributed by atoms with E-state index in [1.54, 1.807) is 12.1 Å². The molecular weight excluding hydrogens is 388 g/mol. The van der Waals surface area contributed by atoms with Crippen LogP contribution in [0.4, 0.5) is 5.69 Å². The molecule has 1 N–H and O–H groups in total. The summed E-state index contributed by atoms with van der Waals surface area (Å²) >= 11 is 0. The molecule has 31 heavy (non-hydrogen) atoms. The third kappa shape index (κ3) is 2.70. The lowest BCUT2D eigenvalue weighted by molar-refractivity contribution is -0.121. The van der Waals surface area contributed by atoms with Crippen LogP contribution in [0.1, 0.15) is 23.6 Å². The van der Waals surface area contributed by atoms with Gasteiger partial charge in [0.15, 0.2) is 5.76 Å². The summed E-state index contributed by atoms with van der Waals surface area (Å²) in [5.74, 6) is -1.71. The maximum atomic E-state index is 13.3. The maximum absolute atomic E-state index is 13.3. The van der Waals surface area contributed by atoms with Crippen molar-refractivity contribution >= 4 is 44.9 Å². The van der Waals surface area contributed by atoms with Gasteiger partial charge in [-0.05, 0) is 56.2 Å². The van der Waals surface area contributed by atoms with Gasteiger partial charge < -0.3 is 9.67 Å². The minimum absolute atomic E-state index is 0.0542. The molecule has 154 valence electrons. The number of anilines is 1. The number of carbonyl (C=O) groups is 2. The van der Waals surface area contributed by atoms with Gasteiger partial charge in [0.05, 0.1) is 11.3 Å². The molecule has 5 rings (SSSR count). The molecule has 0 fully saturated rings. The summed E-state index contributed by atoms with van der Waals surface area (Å²) in [5.41, 5.74) is 5.12. The average molecular weight is 410 g/mol. The van der Waals surface area contributed by atoms with Crippen LogP contribution in [0.5, 0.6) is 0 Å². The molecule has 0 atom stereocenters. The van der Waals surface area contributed by atoms with Crippen molar-refractivity contribution in [2.75, 3.05) is 4.90 Å². The summed E-state index contributed by atoms with van der Waals surface area (Å²) in [5, 5.41) is 12.6. The Morgan fingerprint density at radius 2 is 1.58 bits per heavy atom. The molecule has 1 aromatic heterocycles. The number of carbonyl (C=O) groups excluding carboxylic acids is 2. The van der Waals surface area contributed by atoms with Crippen molar-refractivity contribution in [2.24, 2.45) is 0 Å². The molecular formula is C26H22N2O3. The van der Waals surface area contributed by atoms with Gasteiger partial charge in [0.25, 0.3) is 5.91 Å². The predicted octanol–water partition coefficient (Wildman–Crippen LogP) is 5.27. The Balaban J connectivity index is 1.65. The first-order valence-corrected chi connectivity index (χ1v) is 10.3. The molecule has 0 saturated carbocycles. The highest BCUT2D eigenvalue weighted by Crippen LogP contribution is 2.37. The van der Waals surface area contributed by atoms with Crippen LogP contribution < -0.4 is 4.90 Å². The average Bonchev–Trinajstić information content (AvgIpc) is 3.19. The Morgan fingerprint density at radius 1 is 0.839 bits per heavy atom. The van der Waals surface area contributed by atoms with Crippen LogP contribution in [0.3, 0.4) is 0 Å². The first-order chi connectivity index (χ1) is 14.9. The molecule has 0 saturated heterocycles. The smallest absolute Gasteiger partial charge is 0.301 e. The van der Waals surface area contributed by atoms with Crippen molar-refractivity contribution in [3.63, 3.8) is 0 Å². The molecule has 0 radical (unpaired) electrons. The van der Waals surface area contributed by atoms with Gasteiger partial charge in [-0.2, -0.15) is 0 Å². The third-order valence-corrected chi connectivity index (χ3v) is 6.04. The molecule has 2 heterocycles. The van der Waals surface area contributed by atoms with Gasteiger partial charge in [0, 0.05) is 28.4 Å². The number of hydrogen-bond acceptors (Lipinski definition) is 3. The summed E-state index contributed by atoms with van der Waals surface area (Å²) < 4.78 is 2.21. The zero-order chi connectivity index (χ0) is 21.9. The number of benzene rings is 3. The Morgan fingerprint density at radius 3 is 2.32 bits per heavy atom. The molecule has 2 amide bonds. The number of aliphatic hydroxyl groups is 1. The lowest BCUT2D eigenvalue weighted by Gasteiger charge is -2.15. The largest absolute Gasteiger partial charge is 0.502 e. The molecule has 3 aromatic carbocycles. The zero-order valence-corrected chi connectivity index (χ0v) is 17.6. The second-order valence-corrected chi connectivity index (χ2v) is 7.95. The number of aryl methyl sites for hydroxylation is 3. The van der Waals surface area contributed by atoms with Crippen LogP contribution in [0.15, 0.2) is 66.4 Å². The fourth-order valence-electron chi connectivity index (χ4n) is 4.61. The van der Waals surface area contributed by atoms with Crippen molar-refractivity contribution in [3.05, 3.63) is 83.1 Å². The normalized spacial score (nSPS) is 14.5. The highest BCUT2D eigenvalue weighted by atomic mass is 16.3. The van der Waals surface area contributed by atoms with Crippen LogP contribution in [-0.2, 0) is 16.1 Å². The number of fused-ring (bicyclic) bond motifs is 3. The fraction of sp³-hybridized carbons (Fsp3) is 0.154. The van der Waals surface area contributed by atoms with E-state index in [9.17, 15) is 14.7 Å². The molecule has 1 aliphatic heterocycles. The minimum Gasteiger partial charge on any atom is -0.502 e. The van der Waals surface area contributed by atoms with E-state index in [-0.39, 0.29) is 5.57 Å². The van der Waals surface area contributed by atoms with Crippen LogP contribution in [0.25, 0.3) is 27.4 Å². The van der Waals surface area contributed by atoms with Crippen LogP contribution in [-0.4, -0.2) is 21.5 Å². The van der Waals surface area contributed by atoms with E-state index < -0.39 is 17.6 Å². The summed E-state index contributed by atoms with van der Waals surface area (Å²) in [7, 11) is 0. The standard InChI is InChI=1S/C26H22N2O3/c1-4-27-21-8-6-5-7-19(21)20-14-17(10-12-22(20)27)28-25(30)23(24(29)26(28)31)18-11-9-15(2)13-16(18)3/h5-14,29H,4H2,1-3H3. The molecule has 0 aliphatic carbocycles. The maximum Gasteiger partial charge on any atom is 0.301 e. The Hall–Kier alpha value is -3.86. The van der Waals surface area contributed by atoms with Crippen LogP contribution >= 0.6 is 0 Å². The van der Waals surface area contributed by atoms with Crippen molar-refractivity contribution in [3.8, 4) is 0 Å². The van der Waals surface area contributed by atoms with Gasteiger partial charge >= 0.3 is 5.91 Å². The van der Waals surface area contributed by atoms with Gasteiger partial charge in [-0.15, -0.1) is 0 Å². The summed E-state index contributed by atoms with van der Waals surface area (Å²) in [6.07, 6.45) is 0. The monoisotopic (exact) mass is 410 g/mol. The number of para-hydroxylation sites is 1. The molecule has 0 spiro atoms. The fourth-order valence-corrected chi connectivity index (χ4v) is 4.61. The second kappa shape index (κ2) is 6.84. The van der Waals surface area contributed by atoms with E-state index in [2.05, 4.69) is 17.6 Å². The van der Waals surface area contributed by atoms with Crippen molar-refractivity contribution in [1.29, 1.82) is 0 Å². The number of amides is 2. The summed E-state index contributed by atoms with van der Waals surface area (Å²) in [4.78, 5) is 27.3. The minimum atomic E-state index is -0.696. The van der Waals surface area contributed by atoms with Gasteiger partial charge in [-0.1, -0.05) is 42.0 Å². The molecule has 1 aliphatic rings. The Labute approximate surface area is 179 Å². The van der Waals surface area contributed by atoms with E-state index in [4.69, 9.17) is 0 Å². The highest BCUT2D eigenvalue weighted by molar-refractivity contribution is 6.45. The van der Waals surface area contributed by atoms with E-state index in [0.29, 0.717) is 11.3 Å². The third-order valence-electron chi connectivity index (χ3n) is 6.04. The topological polar surface area (TPSA) is 62.5 Å². The number of nitrogens with zero attached hydrogens (tertiary/aromatic N) is 2.